The van der Waals surface area contributed by atoms with E-state index in [0.717, 1.165) is 19.3 Å². The Labute approximate surface area is 80.9 Å². The van der Waals surface area contributed by atoms with Crippen LogP contribution in [0.3, 0.4) is 0 Å². The predicted octanol–water partition coefficient (Wildman–Crippen LogP) is 1.98. The fourth-order valence-corrected chi connectivity index (χ4v) is 2.13. The molecule has 13 heavy (non-hydrogen) atoms. The Morgan fingerprint density at radius 2 is 2.08 bits per heavy atom. The number of nitrogens with two attached hydrogens (primary N) is 1. The van der Waals surface area contributed by atoms with Crippen molar-refractivity contribution in [3.63, 3.8) is 0 Å². The predicted molar refractivity (Wildman–Crippen MR) is 54.3 cm³/mol. The summed E-state index contributed by atoms with van der Waals surface area (Å²) in [6, 6.07) is 0. The number of ketones is 1. The van der Waals surface area contributed by atoms with Crippen LogP contribution in [0.15, 0.2) is 0 Å². The van der Waals surface area contributed by atoms with E-state index in [-0.39, 0.29) is 5.92 Å². The van der Waals surface area contributed by atoms with Crippen molar-refractivity contribution in [2.24, 2.45) is 23.0 Å². The van der Waals surface area contributed by atoms with Gasteiger partial charge in [0.15, 0.2) is 0 Å². The topological polar surface area (TPSA) is 43.1 Å². The summed E-state index contributed by atoms with van der Waals surface area (Å²) in [6.45, 7) is 7.29. The zero-order chi connectivity index (χ0) is 10.1. The summed E-state index contributed by atoms with van der Waals surface area (Å²) in [4.78, 5) is 11.4. The van der Waals surface area contributed by atoms with Crippen LogP contribution in [0.5, 0.6) is 0 Å². The number of hydrogen-bond acceptors (Lipinski definition) is 2. The second-order valence-corrected chi connectivity index (χ2v) is 5.24. The molecule has 0 aromatic heterocycles. The van der Waals surface area contributed by atoms with Gasteiger partial charge in [-0.1, -0.05) is 20.8 Å². The van der Waals surface area contributed by atoms with E-state index in [1.165, 1.54) is 0 Å². The van der Waals surface area contributed by atoms with Gasteiger partial charge in [0.25, 0.3) is 0 Å². The molecule has 1 rings (SSSR count). The van der Waals surface area contributed by atoms with Crippen molar-refractivity contribution in [2.45, 2.75) is 40.0 Å². The minimum atomic E-state index is 0.137. The molecule has 76 valence electrons. The Hall–Kier alpha value is -0.370. The van der Waals surface area contributed by atoms with E-state index in [1.54, 1.807) is 0 Å². The van der Waals surface area contributed by atoms with Crippen molar-refractivity contribution in [2.75, 3.05) is 6.54 Å². The minimum absolute atomic E-state index is 0.137. The number of carbonyl (C=O) groups excluding carboxylic acids is 1. The summed E-state index contributed by atoms with van der Waals surface area (Å²) in [7, 11) is 0. The maximum Gasteiger partial charge on any atom is 0.137 e. The molecule has 0 saturated heterocycles. The SMILES string of the molecule is CC(C)(C)C1CCC(=O)C(CN)C1. The van der Waals surface area contributed by atoms with E-state index in [1.807, 2.05) is 0 Å². The van der Waals surface area contributed by atoms with Crippen LogP contribution in [-0.2, 0) is 4.79 Å². The molecule has 0 spiro atoms. The molecule has 0 aromatic rings. The summed E-state index contributed by atoms with van der Waals surface area (Å²) in [5.41, 5.74) is 5.91. The first kappa shape index (κ1) is 10.7. The highest BCUT2D eigenvalue weighted by atomic mass is 16.1. The molecule has 2 N–H and O–H groups in total. The lowest BCUT2D eigenvalue weighted by molar-refractivity contribution is -0.126. The van der Waals surface area contributed by atoms with Gasteiger partial charge in [0, 0.05) is 18.9 Å². The van der Waals surface area contributed by atoms with Crippen molar-refractivity contribution >= 4 is 5.78 Å². The summed E-state index contributed by atoms with van der Waals surface area (Å²) in [6.07, 6.45) is 2.79. The van der Waals surface area contributed by atoms with E-state index in [2.05, 4.69) is 20.8 Å². The van der Waals surface area contributed by atoms with Gasteiger partial charge in [-0.05, 0) is 24.2 Å². The van der Waals surface area contributed by atoms with Crippen LogP contribution in [0.2, 0.25) is 0 Å². The standard InChI is InChI=1S/C11H21NO/c1-11(2,3)9-4-5-10(13)8(6-9)7-12/h8-9H,4-7,12H2,1-3H3. The normalized spacial score (nSPS) is 30.6. The van der Waals surface area contributed by atoms with Crippen LogP contribution >= 0.6 is 0 Å². The van der Waals surface area contributed by atoms with Gasteiger partial charge in [-0.25, -0.2) is 0 Å². The quantitative estimate of drug-likeness (QED) is 0.675. The highest BCUT2D eigenvalue weighted by molar-refractivity contribution is 5.81. The van der Waals surface area contributed by atoms with Gasteiger partial charge in [-0.3, -0.25) is 4.79 Å². The van der Waals surface area contributed by atoms with Gasteiger partial charge in [0.05, 0.1) is 0 Å². The van der Waals surface area contributed by atoms with Gasteiger partial charge >= 0.3 is 0 Å². The molecule has 2 unspecified atom stereocenters. The summed E-state index contributed by atoms with van der Waals surface area (Å²) in [5, 5.41) is 0. The fourth-order valence-electron chi connectivity index (χ4n) is 2.13. The number of Topliss-reactive ketones (excluding diaryl/α,β-unsaturated/α-hetero) is 1. The molecule has 1 saturated carbocycles. The van der Waals surface area contributed by atoms with Gasteiger partial charge in [-0.2, -0.15) is 0 Å². The zero-order valence-electron chi connectivity index (χ0n) is 8.97. The Balaban J connectivity index is 2.60. The smallest absolute Gasteiger partial charge is 0.137 e. The van der Waals surface area contributed by atoms with Crippen LogP contribution in [0.1, 0.15) is 40.0 Å². The average molecular weight is 183 g/mol. The summed E-state index contributed by atoms with van der Waals surface area (Å²) in [5.74, 6) is 1.18. The van der Waals surface area contributed by atoms with Crippen LogP contribution in [-0.4, -0.2) is 12.3 Å². The van der Waals surface area contributed by atoms with E-state index in [0.29, 0.717) is 23.7 Å². The van der Waals surface area contributed by atoms with Crippen molar-refractivity contribution in [1.29, 1.82) is 0 Å². The Morgan fingerprint density at radius 1 is 1.46 bits per heavy atom. The first-order valence-corrected chi connectivity index (χ1v) is 5.18. The molecule has 0 aliphatic heterocycles. The zero-order valence-corrected chi connectivity index (χ0v) is 8.97. The molecule has 0 radical (unpaired) electrons. The Kier molecular flexibility index (Phi) is 3.12. The molecule has 2 nitrogen and oxygen atoms in total. The first-order chi connectivity index (χ1) is 5.95. The highest BCUT2D eigenvalue weighted by Gasteiger charge is 2.33. The lowest BCUT2D eigenvalue weighted by Crippen LogP contribution is -2.35. The molecule has 1 aliphatic carbocycles. The average Bonchev–Trinajstić information content (AvgIpc) is 2.03. The van der Waals surface area contributed by atoms with Crippen LogP contribution in [0, 0.1) is 17.3 Å². The van der Waals surface area contributed by atoms with Gasteiger partial charge in [-0.15, -0.1) is 0 Å². The van der Waals surface area contributed by atoms with Gasteiger partial charge < -0.3 is 5.73 Å². The van der Waals surface area contributed by atoms with Crippen molar-refractivity contribution < 1.29 is 4.79 Å². The highest BCUT2D eigenvalue weighted by Crippen LogP contribution is 2.38. The first-order valence-electron chi connectivity index (χ1n) is 5.18. The Bertz CT molecular complexity index is 193. The van der Waals surface area contributed by atoms with Crippen molar-refractivity contribution in [3.8, 4) is 0 Å². The van der Waals surface area contributed by atoms with E-state index < -0.39 is 0 Å². The van der Waals surface area contributed by atoms with E-state index in [4.69, 9.17) is 5.73 Å². The van der Waals surface area contributed by atoms with E-state index in [9.17, 15) is 4.79 Å². The fraction of sp³-hybridized carbons (Fsp3) is 0.909. The summed E-state index contributed by atoms with van der Waals surface area (Å²) >= 11 is 0. The third-order valence-electron chi connectivity index (χ3n) is 3.27. The number of carbonyl (C=O) groups is 1. The third kappa shape index (κ3) is 2.53. The maximum absolute atomic E-state index is 11.4. The monoisotopic (exact) mass is 183 g/mol. The second-order valence-electron chi connectivity index (χ2n) is 5.24. The van der Waals surface area contributed by atoms with E-state index >= 15 is 0 Å². The lowest BCUT2D eigenvalue weighted by atomic mass is 9.69. The maximum atomic E-state index is 11.4. The van der Waals surface area contributed by atoms with Crippen LogP contribution < -0.4 is 5.73 Å². The third-order valence-corrected chi connectivity index (χ3v) is 3.27. The van der Waals surface area contributed by atoms with Crippen molar-refractivity contribution in [1.82, 2.24) is 0 Å². The molecule has 1 aliphatic rings. The van der Waals surface area contributed by atoms with Gasteiger partial charge in [0.1, 0.15) is 5.78 Å². The Morgan fingerprint density at radius 3 is 2.54 bits per heavy atom. The van der Waals surface area contributed by atoms with Crippen LogP contribution in [0.4, 0.5) is 0 Å². The molecular weight excluding hydrogens is 162 g/mol. The minimum Gasteiger partial charge on any atom is -0.330 e. The molecule has 0 amide bonds. The van der Waals surface area contributed by atoms with Crippen molar-refractivity contribution in [3.05, 3.63) is 0 Å². The number of hydrogen-bond donors (Lipinski definition) is 1. The molecule has 0 aromatic carbocycles. The van der Waals surface area contributed by atoms with Crippen LogP contribution in [0.25, 0.3) is 0 Å². The molecule has 1 fully saturated rings. The molecule has 0 bridgehead atoms. The second kappa shape index (κ2) is 3.79. The summed E-state index contributed by atoms with van der Waals surface area (Å²) < 4.78 is 0. The number of rotatable bonds is 1. The molecule has 2 atom stereocenters. The molecule has 0 heterocycles. The molecule has 2 heteroatoms. The van der Waals surface area contributed by atoms with Gasteiger partial charge in [0.2, 0.25) is 0 Å². The molecular formula is C11H21NO. The largest absolute Gasteiger partial charge is 0.330 e. The lowest BCUT2D eigenvalue weighted by Gasteiger charge is -2.36.